The molecule has 0 bridgehead atoms. The highest BCUT2D eigenvalue weighted by Crippen LogP contribution is 2.45. The average Bonchev–Trinajstić information content (AvgIpc) is 2.40. The smallest absolute Gasteiger partial charge is 0.307 e. The minimum atomic E-state index is -0.669. The van der Waals surface area contributed by atoms with E-state index in [1.807, 2.05) is 12.1 Å². The second kappa shape index (κ2) is 6.69. The molecule has 1 aromatic rings. The predicted molar refractivity (Wildman–Crippen MR) is 89.5 cm³/mol. The minimum absolute atomic E-state index is 0.106. The molecule has 1 heterocycles. The molecule has 1 saturated carbocycles. The number of carboxylic acid groups (broad SMARTS) is 1. The molecule has 3 nitrogen and oxygen atoms in total. The summed E-state index contributed by atoms with van der Waals surface area (Å²) in [7, 11) is 0. The van der Waals surface area contributed by atoms with Crippen LogP contribution in [0.2, 0.25) is 0 Å². The van der Waals surface area contributed by atoms with Crippen LogP contribution in [0.3, 0.4) is 0 Å². The van der Waals surface area contributed by atoms with Crippen molar-refractivity contribution in [1.29, 1.82) is 0 Å². The number of thioether (sulfide) groups is 1. The molecule has 3 unspecified atom stereocenters. The summed E-state index contributed by atoms with van der Waals surface area (Å²) in [5, 5.41) is 10.5. The summed E-state index contributed by atoms with van der Waals surface area (Å²) in [5.74, 6) is -0.364. The van der Waals surface area contributed by atoms with Crippen LogP contribution in [-0.4, -0.2) is 21.3 Å². The van der Waals surface area contributed by atoms with E-state index in [1.54, 1.807) is 18.0 Å². The summed E-state index contributed by atoms with van der Waals surface area (Å²) >= 11 is 4.99. The molecule has 3 atom stereocenters. The number of carbonyl (C=O) groups is 1. The summed E-state index contributed by atoms with van der Waals surface area (Å²) in [4.78, 5) is 15.9. The number of pyridine rings is 1. The highest BCUT2D eigenvalue weighted by molar-refractivity contribution is 9.10. The lowest BCUT2D eigenvalue weighted by Gasteiger charge is -2.40. The molecule has 0 aliphatic heterocycles. The van der Waals surface area contributed by atoms with Crippen LogP contribution in [0.15, 0.2) is 27.8 Å². The van der Waals surface area contributed by atoms with E-state index in [4.69, 9.17) is 0 Å². The molecule has 0 amide bonds. The van der Waals surface area contributed by atoms with E-state index in [-0.39, 0.29) is 16.6 Å². The first-order valence-corrected chi connectivity index (χ1v) is 8.95. The van der Waals surface area contributed by atoms with Gasteiger partial charge in [-0.3, -0.25) is 4.79 Å². The molecule has 2 rings (SSSR count). The molecule has 0 spiro atoms. The average molecular weight is 372 g/mol. The quantitative estimate of drug-likeness (QED) is 0.824. The number of hydrogen-bond acceptors (Lipinski definition) is 3. The number of halogens is 1. The van der Waals surface area contributed by atoms with Gasteiger partial charge in [-0.05, 0) is 58.7 Å². The molecule has 21 heavy (non-hydrogen) atoms. The van der Waals surface area contributed by atoms with Gasteiger partial charge < -0.3 is 5.11 Å². The third kappa shape index (κ3) is 4.46. The normalized spacial score (nSPS) is 26.6. The first-order chi connectivity index (χ1) is 9.77. The Morgan fingerprint density at radius 1 is 1.38 bits per heavy atom. The summed E-state index contributed by atoms with van der Waals surface area (Å²) in [6.45, 7) is 6.75. The third-order valence-electron chi connectivity index (χ3n) is 4.31. The topological polar surface area (TPSA) is 50.2 Å². The molecule has 1 aliphatic rings. The van der Waals surface area contributed by atoms with Crippen LogP contribution < -0.4 is 0 Å². The maximum absolute atomic E-state index is 11.5. The predicted octanol–water partition coefficient (Wildman–Crippen LogP) is 4.85. The second-order valence-corrected chi connectivity index (χ2v) is 8.97. The Labute approximate surface area is 139 Å². The fraction of sp³-hybridized carbons (Fsp3) is 0.625. The minimum Gasteiger partial charge on any atom is -0.481 e. The van der Waals surface area contributed by atoms with Crippen LogP contribution in [-0.2, 0) is 4.79 Å². The van der Waals surface area contributed by atoms with Gasteiger partial charge in [0, 0.05) is 15.9 Å². The Morgan fingerprint density at radius 2 is 2.10 bits per heavy atom. The molecule has 0 saturated heterocycles. The van der Waals surface area contributed by atoms with Gasteiger partial charge in [0.25, 0.3) is 0 Å². The molecule has 5 heteroatoms. The monoisotopic (exact) mass is 371 g/mol. The van der Waals surface area contributed by atoms with Crippen molar-refractivity contribution < 1.29 is 9.90 Å². The highest BCUT2D eigenvalue weighted by atomic mass is 79.9. The van der Waals surface area contributed by atoms with Crippen LogP contribution in [0.4, 0.5) is 0 Å². The molecule has 116 valence electrons. The van der Waals surface area contributed by atoms with Gasteiger partial charge in [0.05, 0.1) is 10.9 Å². The lowest BCUT2D eigenvalue weighted by molar-refractivity contribution is -0.143. The second-order valence-electron chi connectivity index (χ2n) is 6.79. The molecule has 1 fully saturated rings. The van der Waals surface area contributed by atoms with Crippen molar-refractivity contribution in [1.82, 2.24) is 4.98 Å². The van der Waals surface area contributed by atoms with Gasteiger partial charge in [0.1, 0.15) is 0 Å². The lowest BCUT2D eigenvalue weighted by Crippen LogP contribution is -2.37. The van der Waals surface area contributed by atoms with Crippen molar-refractivity contribution in [2.75, 3.05) is 0 Å². The number of rotatable bonds is 3. The highest BCUT2D eigenvalue weighted by Gasteiger charge is 2.39. The van der Waals surface area contributed by atoms with Gasteiger partial charge in [-0.1, -0.05) is 20.8 Å². The molecular weight excluding hydrogens is 350 g/mol. The van der Waals surface area contributed by atoms with Crippen molar-refractivity contribution in [3.8, 4) is 0 Å². The molecule has 1 N–H and O–H groups in total. The zero-order valence-corrected chi connectivity index (χ0v) is 15.1. The summed E-state index contributed by atoms with van der Waals surface area (Å²) in [5.41, 5.74) is 0.232. The number of carboxylic acids is 1. The maximum atomic E-state index is 11.5. The SMILES string of the molecule is CC(C)(C)C1CCC(C(=O)O)C(Sc2ccc(Br)cn2)C1. The van der Waals surface area contributed by atoms with Gasteiger partial charge in [-0.15, -0.1) is 11.8 Å². The van der Waals surface area contributed by atoms with E-state index in [2.05, 4.69) is 41.7 Å². The van der Waals surface area contributed by atoms with E-state index < -0.39 is 5.97 Å². The Morgan fingerprint density at radius 3 is 2.62 bits per heavy atom. The van der Waals surface area contributed by atoms with E-state index >= 15 is 0 Å². The Bertz CT molecular complexity index is 498. The van der Waals surface area contributed by atoms with Crippen molar-refractivity contribution in [3.63, 3.8) is 0 Å². The van der Waals surface area contributed by atoms with Gasteiger partial charge >= 0.3 is 5.97 Å². The van der Waals surface area contributed by atoms with Gasteiger partial charge in [0.2, 0.25) is 0 Å². The molecular formula is C16H22BrNO2S. The lowest BCUT2D eigenvalue weighted by atomic mass is 9.69. The van der Waals surface area contributed by atoms with E-state index in [0.29, 0.717) is 5.92 Å². The fourth-order valence-electron chi connectivity index (χ4n) is 2.92. The van der Waals surface area contributed by atoms with Gasteiger partial charge in [-0.25, -0.2) is 4.98 Å². The van der Waals surface area contributed by atoms with Crippen LogP contribution in [0, 0.1) is 17.3 Å². The number of hydrogen-bond donors (Lipinski definition) is 1. The van der Waals surface area contributed by atoms with Crippen molar-refractivity contribution >= 4 is 33.7 Å². The first-order valence-electron chi connectivity index (χ1n) is 7.28. The Kier molecular flexibility index (Phi) is 5.36. The third-order valence-corrected chi connectivity index (χ3v) is 6.08. The zero-order valence-electron chi connectivity index (χ0n) is 12.7. The van der Waals surface area contributed by atoms with Gasteiger partial charge in [0.15, 0.2) is 0 Å². The summed E-state index contributed by atoms with van der Waals surface area (Å²) < 4.78 is 0.942. The zero-order chi connectivity index (χ0) is 15.6. The van der Waals surface area contributed by atoms with Crippen molar-refractivity contribution in [3.05, 3.63) is 22.8 Å². The molecule has 0 aromatic carbocycles. The van der Waals surface area contributed by atoms with Crippen LogP contribution in [0.1, 0.15) is 40.0 Å². The molecule has 1 aliphatic carbocycles. The largest absolute Gasteiger partial charge is 0.481 e. The van der Waals surface area contributed by atoms with E-state index in [9.17, 15) is 9.90 Å². The number of aromatic nitrogens is 1. The molecule has 0 radical (unpaired) electrons. The number of aliphatic carboxylic acids is 1. The van der Waals surface area contributed by atoms with Crippen molar-refractivity contribution in [2.45, 2.75) is 50.3 Å². The Hall–Kier alpha value is -0.550. The Balaban J connectivity index is 2.14. The van der Waals surface area contributed by atoms with Crippen molar-refractivity contribution in [2.24, 2.45) is 17.3 Å². The van der Waals surface area contributed by atoms with Crippen LogP contribution in [0.5, 0.6) is 0 Å². The molecule has 1 aromatic heterocycles. The summed E-state index contributed by atoms with van der Waals surface area (Å²) in [6.07, 6.45) is 4.49. The van der Waals surface area contributed by atoms with Gasteiger partial charge in [-0.2, -0.15) is 0 Å². The van der Waals surface area contributed by atoms with E-state index in [0.717, 1.165) is 28.8 Å². The fourth-order valence-corrected chi connectivity index (χ4v) is 4.47. The summed E-state index contributed by atoms with van der Waals surface area (Å²) in [6, 6.07) is 3.91. The van der Waals surface area contributed by atoms with Crippen LogP contribution >= 0.6 is 27.7 Å². The van der Waals surface area contributed by atoms with E-state index in [1.165, 1.54) is 0 Å². The van der Waals surface area contributed by atoms with Crippen LogP contribution in [0.25, 0.3) is 0 Å². The standard InChI is InChI=1S/C16H22BrNO2S/c1-16(2,3)10-4-6-12(15(19)20)13(8-10)21-14-7-5-11(17)9-18-14/h5,7,9-10,12-13H,4,6,8H2,1-3H3,(H,19,20). The maximum Gasteiger partial charge on any atom is 0.307 e. The first kappa shape index (κ1) is 16.8. The number of nitrogens with zero attached hydrogens (tertiary/aromatic N) is 1.